The van der Waals surface area contributed by atoms with E-state index in [2.05, 4.69) is 10.3 Å². The van der Waals surface area contributed by atoms with Crippen molar-refractivity contribution in [2.75, 3.05) is 13.7 Å². The normalized spacial score (nSPS) is 14.0. The molecule has 2 atom stereocenters. The van der Waals surface area contributed by atoms with Gasteiger partial charge in [-0.15, -0.1) is 0 Å². The van der Waals surface area contributed by atoms with Gasteiger partial charge in [-0.1, -0.05) is 0 Å². The smallest absolute Gasteiger partial charge is 0.407 e. The second kappa shape index (κ2) is 8.12. The topological polar surface area (TPSA) is 101 Å². The number of rotatable bonds is 6. The molecule has 0 aromatic carbocycles. The van der Waals surface area contributed by atoms with Crippen molar-refractivity contribution >= 4 is 6.09 Å². The summed E-state index contributed by atoms with van der Waals surface area (Å²) < 4.78 is 10.1. The minimum absolute atomic E-state index is 0.186. The van der Waals surface area contributed by atoms with Gasteiger partial charge < -0.3 is 25.0 Å². The number of aryl methyl sites for hydroxylation is 1. The van der Waals surface area contributed by atoms with Gasteiger partial charge >= 0.3 is 6.09 Å². The maximum atomic E-state index is 11.5. The van der Waals surface area contributed by atoms with Gasteiger partial charge in [0.15, 0.2) is 0 Å². The Hall–Kier alpha value is -1.86. The minimum atomic E-state index is -1.09. The van der Waals surface area contributed by atoms with E-state index >= 15 is 0 Å². The lowest BCUT2D eigenvalue weighted by Gasteiger charge is -2.22. The molecular formula is C16H26N2O5. The molecule has 1 aromatic rings. The first-order chi connectivity index (χ1) is 10.6. The molecule has 1 heterocycles. The number of ether oxygens (including phenoxy) is 2. The summed E-state index contributed by atoms with van der Waals surface area (Å²) in [7, 11) is 1.51. The first kappa shape index (κ1) is 19.2. The van der Waals surface area contributed by atoms with Crippen LogP contribution in [0.25, 0.3) is 0 Å². The second-order valence-corrected chi connectivity index (χ2v) is 6.31. The molecule has 1 rings (SSSR count). The molecule has 7 nitrogen and oxygen atoms in total. The van der Waals surface area contributed by atoms with Crippen molar-refractivity contribution < 1.29 is 24.5 Å². The molecule has 0 aliphatic rings. The Morgan fingerprint density at radius 2 is 2.04 bits per heavy atom. The van der Waals surface area contributed by atoms with Gasteiger partial charge in [-0.05, 0) is 39.7 Å². The number of carbonyl (C=O) groups is 1. The van der Waals surface area contributed by atoms with Crippen molar-refractivity contribution in [3.8, 4) is 5.88 Å². The van der Waals surface area contributed by atoms with Gasteiger partial charge in [-0.25, -0.2) is 9.78 Å². The van der Waals surface area contributed by atoms with Crippen LogP contribution in [0.1, 0.15) is 44.4 Å². The fraction of sp³-hybridized carbons (Fsp3) is 0.625. The Labute approximate surface area is 136 Å². The number of aromatic nitrogens is 1. The number of alkyl carbamates (subject to hydrolysis) is 1. The molecule has 0 radical (unpaired) electrons. The number of aliphatic hydroxyl groups is 2. The Balaban J connectivity index is 2.51. The summed E-state index contributed by atoms with van der Waals surface area (Å²) in [6.45, 7) is 7.30. The van der Waals surface area contributed by atoms with Crippen LogP contribution in [0.2, 0.25) is 0 Å². The molecular weight excluding hydrogens is 300 g/mol. The number of methoxy groups -OCH3 is 1. The highest BCUT2D eigenvalue weighted by Crippen LogP contribution is 2.23. The third-order valence-corrected chi connectivity index (χ3v) is 3.13. The Kier molecular flexibility index (Phi) is 6.78. The van der Waals surface area contributed by atoms with Crippen LogP contribution in [-0.2, 0) is 4.74 Å². The van der Waals surface area contributed by atoms with Gasteiger partial charge in [0.05, 0.1) is 13.2 Å². The lowest BCUT2D eigenvalue weighted by molar-refractivity contribution is 0.0117. The zero-order valence-electron chi connectivity index (χ0n) is 14.3. The Bertz CT molecular complexity index is 528. The van der Waals surface area contributed by atoms with E-state index < -0.39 is 23.9 Å². The summed E-state index contributed by atoms with van der Waals surface area (Å²) in [6, 6.07) is 1.68. The van der Waals surface area contributed by atoms with E-state index in [1.165, 1.54) is 13.3 Å². The molecule has 0 saturated heterocycles. The summed E-state index contributed by atoms with van der Waals surface area (Å²) in [4.78, 5) is 15.5. The summed E-state index contributed by atoms with van der Waals surface area (Å²) in [5, 5.41) is 22.8. The van der Waals surface area contributed by atoms with E-state index in [1.807, 2.05) is 0 Å². The summed E-state index contributed by atoms with van der Waals surface area (Å²) >= 11 is 0. The van der Waals surface area contributed by atoms with E-state index in [1.54, 1.807) is 33.8 Å². The molecule has 0 spiro atoms. The van der Waals surface area contributed by atoms with E-state index in [9.17, 15) is 15.0 Å². The fourth-order valence-corrected chi connectivity index (χ4v) is 1.96. The van der Waals surface area contributed by atoms with Gasteiger partial charge in [-0.3, -0.25) is 0 Å². The third-order valence-electron chi connectivity index (χ3n) is 3.13. The molecule has 3 N–H and O–H groups in total. The summed E-state index contributed by atoms with van der Waals surface area (Å²) in [5.74, 6) is 0.444. The highest BCUT2D eigenvalue weighted by atomic mass is 16.6. The number of pyridine rings is 1. The van der Waals surface area contributed by atoms with Crippen LogP contribution in [0.4, 0.5) is 4.79 Å². The second-order valence-electron chi connectivity index (χ2n) is 6.31. The number of nitrogens with one attached hydrogen (secondary N) is 1. The van der Waals surface area contributed by atoms with Gasteiger partial charge in [0.2, 0.25) is 5.88 Å². The molecule has 1 amide bonds. The molecule has 0 fully saturated rings. The lowest BCUT2D eigenvalue weighted by Crippen LogP contribution is -2.34. The van der Waals surface area contributed by atoms with Gasteiger partial charge in [0.1, 0.15) is 11.7 Å². The zero-order valence-corrected chi connectivity index (χ0v) is 14.3. The minimum Gasteiger partial charge on any atom is -0.481 e. The van der Waals surface area contributed by atoms with Crippen LogP contribution in [0.3, 0.4) is 0 Å². The highest BCUT2D eigenvalue weighted by Gasteiger charge is 2.21. The number of aliphatic hydroxyl groups excluding tert-OH is 2. The maximum Gasteiger partial charge on any atom is 0.407 e. The molecule has 0 saturated carbocycles. The Morgan fingerprint density at radius 1 is 1.39 bits per heavy atom. The van der Waals surface area contributed by atoms with Crippen LogP contribution in [0, 0.1) is 6.92 Å². The molecule has 2 unspecified atom stereocenters. The monoisotopic (exact) mass is 326 g/mol. The van der Waals surface area contributed by atoms with Gasteiger partial charge in [0.25, 0.3) is 0 Å². The van der Waals surface area contributed by atoms with Crippen molar-refractivity contribution in [1.29, 1.82) is 0 Å². The third kappa shape index (κ3) is 6.42. The van der Waals surface area contributed by atoms with Crippen molar-refractivity contribution in [1.82, 2.24) is 10.3 Å². The van der Waals surface area contributed by atoms with Crippen molar-refractivity contribution in [2.45, 2.75) is 51.9 Å². The predicted octanol–water partition coefficient (Wildman–Crippen LogP) is 1.71. The molecule has 1 aromatic heterocycles. The Morgan fingerprint density at radius 3 is 2.57 bits per heavy atom. The van der Waals surface area contributed by atoms with Crippen molar-refractivity contribution in [3.05, 3.63) is 23.4 Å². The number of amides is 1. The van der Waals surface area contributed by atoms with Gasteiger partial charge in [0, 0.05) is 24.4 Å². The number of hydrogen-bond donors (Lipinski definition) is 3. The first-order valence-electron chi connectivity index (χ1n) is 7.47. The molecule has 23 heavy (non-hydrogen) atoms. The fourth-order valence-electron chi connectivity index (χ4n) is 1.96. The van der Waals surface area contributed by atoms with E-state index in [0.717, 1.165) is 5.56 Å². The molecule has 0 aliphatic carbocycles. The standard InChI is InChI=1S/C16H26N2O5/c1-10-8-13(22-5)18-9-11(10)14(20)12(19)6-7-17-15(21)23-16(2,3)4/h8-9,12,14,19-20H,6-7H2,1-5H3,(H,17,21). The lowest BCUT2D eigenvalue weighted by atomic mass is 10.00. The maximum absolute atomic E-state index is 11.5. The largest absolute Gasteiger partial charge is 0.481 e. The summed E-state index contributed by atoms with van der Waals surface area (Å²) in [6.07, 6.45) is -1.01. The van der Waals surface area contributed by atoms with E-state index in [4.69, 9.17) is 9.47 Å². The van der Waals surface area contributed by atoms with E-state index in [0.29, 0.717) is 11.4 Å². The molecule has 130 valence electrons. The van der Waals surface area contributed by atoms with Crippen molar-refractivity contribution in [3.63, 3.8) is 0 Å². The van der Waals surface area contributed by atoms with Gasteiger partial charge in [-0.2, -0.15) is 0 Å². The SMILES string of the molecule is COc1cc(C)c(C(O)C(O)CCNC(=O)OC(C)(C)C)cn1. The van der Waals surface area contributed by atoms with Crippen LogP contribution in [0.5, 0.6) is 5.88 Å². The summed E-state index contributed by atoms with van der Waals surface area (Å²) in [5.41, 5.74) is 0.715. The van der Waals surface area contributed by atoms with E-state index in [-0.39, 0.29) is 13.0 Å². The average Bonchev–Trinajstić information content (AvgIpc) is 2.44. The number of nitrogens with zero attached hydrogens (tertiary/aromatic N) is 1. The van der Waals surface area contributed by atoms with Crippen LogP contribution in [0.15, 0.2) is 12.3 Å². The molecule has 0 bridgehead atoms. The van der Waals surface area contributed by atoms with Crippen LogP contribution >= 0.6 is 0 Å². The molecule has 0 aliphatic heterocycles. The molecule has 7 heteroatoms. The predicted molar refractivity (Wildman–Crippen MR) is 85.3 cm³/mol. The van der Waals surface area contributed by atoms with Crippen LogP contribution < -0.4 is 10.1 Å². The first-order valence-corrected chi connectivity index (χ1v) is 7.47. The average molecular weight is 326 g/mol. The quantitative estimate of drug-likeness (QED) is 0.736. The van der Waals surface area contributed by atoms with Crippen molar-refractivity contribution in [2.24, 2.45) is 0 Å². The highest BCUT2D eigenvalue weighted by molar-refractivity contribution is 5.67. The van der Waals surface area contributed by atoms with Crippen LogP contribution in [-0.4, -0.2) is 46.6 Å². The number of hydrogen-bond acceptors (Lipinski definition) is 6. The zero-order chi connectivity index (χ0) is 17.6. The number of carbonyl (C=O) groups excluding carboxylic acids is 1.